The van der Waals surface area contributed by atoms with Gasteiger partial charge in [0.2, 0.25) is 0 Å². The topological polar surface area (TPSA) is 67.1 Å². The van der Waals surface area contributed by atoms with E-state index in [9.17, 15) is 4.79 Å². The lowest BCUT2D eigenvalue weighted by molar-refractivity contribution is 0.0958. The Labute approximate surface area is 113 Å². The molecule has 18 heavy (non-hydrogen) atoms. The van der Waals surface area contributed by atoms with Gasteiger partial charge in [-0.25, -0.2) is 0 Å². The first-order valence-corrected chi connectivity index (χ1v) is 7.42. The van der Waals surface area contributed by atoms with Gasteiger partial charge in [-0.1, -0.05) is 26.7 Å². The second-order valence-electron chi connectivity index (χ2n) is 4.28. The summed E-state index contributed by atoms with van der Waals surface area (Å²) in [5, 5.41) is 7.13. The first-order valence-electron chi connectivity index (χ1n) is 6.60. The van der Waals surface area contributed by atoms with Crippen LogP contribution in [0.25, 0.3) is 0 Å². The van der Waals surface area contributed by atoms with Crippen molar-refractivity contribution in [3.05, 3.63) is 10.9 Å². The fourth-order valence-electron chi connectivity index (χ4n) is 1.58. The standard InChI is InChI=1S/C13H23N3OS/c1-3-5-6-8-15-11-9-10(14)12(18-11)13(17)16-7-4-2/h9,15H,3-8,14H2,1-2H3,(H,16,17). The van der Waals surface area contributed by atoms with Crippen LogP contribution in [0, 0.1) is 0 Å². The molecule has 1 rings (SSSR count). The highest BCUT2D eigenvalue weighted by Crippen LogP contribution is 2.29. The number of nitrogens with two attached hydrogens (primary N) is 1. The van der Waals surface area contributed by atoms with Crippen LogP contribution in [0.4, 0.5) is 10.7 Å². The number of unbranched alkanes of at least 4 members (excludes halogenated alkanes) is 2. The molecule has 102 valence electrons. The Morgan fingerprint density at radius 3 is 2.72 bits per heavy atom. The molecule has 0 saturated carbocycles. The van der Waals surface area contributed by atoms with E-state index >= 15 is 0 Å². The number of nitrogens with one attached hydrogen (secondary N) is 2. The van der Waals surface area contributed by atoms with Crippen LogP contribution in [-0.2, 0) is 0 Å². The fraction of sp³-hybridized carbons (Fsp3) is 0.615. The summed E-state index contributed by atoms with van der Waals surface area (Å²) in [5.74, 6) is -0.0686. The van der Waals surface area contributed by atoms with Crippen molar-refractivity contribution < 1.29 is 4.79 Å². The first kappa shape index (κ1) is 14.8. The summed E-state index contributed by atoms with van der Waals surface area (Å²) in [6.07, 6.45) is 4.50. The molecule has 4 N–H and O–H groups in total. The van der Waals surface area contributed by atoms with Crippen molar-refractivity contribution in [1.29, 1.82) is 0 Å². The van der Waals surface area contributed by atoms with Crippen LogP contribution in [0.5, 0.6) is 0 Å². The van der Waals surface area contributed by atoms with Gasteiger partial charge < -0.3 is 16.4 Å². The van der Waals surface area contributed by atoms with Gasteiger partial charge in [0, 0.05) is 13.1 Å². The lowest BCUT2D eigenvalue weighted by Crippen LogP contribution is -2.23. The molecular formula is C13H23N3OS. The van der Waals surface area contributed by atoms with Crippen molar-refractivity contribution in [3.8, 4) is 0 Å². The summed E-state index contributed by atoms with van der Waals surface area (Å²) in [6, 6.07) is 1.84. The molecule has 0 bridgehead atoms. The molecule has 5 heteroatoms. The Morgan fingerprint density at radius 1 is 1.28 bits per heavy atom. The van der Waals surface area contributed by atoms with Crippen LogP contribution in [0.3, 0.4) is 0 Å². The molecule has 1 amide bonds. The molecule has 0 atom stereocenters. The monoisotopic (exact) mass is 269 g/mol. The van der Waals surface area contributed by atoms with E-state index in [0.29, 0.717) is 17.1 Å². The maximum absolute atomic E-state index is 11.8. The molecule has 0 aliphatic rings. The van der Waals surface area contributed by atoms with E-state index in [2.05, 4.69) is 17.6 Å². The van der Waals surface area contributed by atoms with E-state index in [1.54, 1.807) is 0 Å². The Morgan fingerprint density at radius 2 is 2.06 bits per heavy atom. The second kappa shape index (κ2) is 7.97. The minimum absolute atomic E-state index is 0.0686. The predicted molar refractivity (Wildman–Crippen MR) is 79.4 cm³/mol. The molecule has 1 heterocycles. The van der Waals surface area contributed by atoms with Crippen molar-refractivity contribution in [3.63, 3.8) is 0 Å². The Bertz CT molecular complexity index is 376. The van der Waals surface area contributed by atoms with Crippen molar-refractivity contribution in [1.82, 2.24) is 5.32 Å². The number of carbonyl (C=O) groups is 1. The molecule has 0 unspecified atom stereocenters. The number of rotatable bonds is 8. The lowest BCUT2D eigenvalue weighted by atomic mass is 10.2. The number of anilines is 2. The van der Waals surface area contributed by atoms with Crippen LogP contribution in [0.15, 0.2) is 6.07 Å². The molecule has 0 spiro atoms. The molecule has 1 aromatic rings. The lowest BCUT2D eigenvalue weighted by Gasteiger charge is -2.02. The van der Waals surface area contributed by atoms with E-state index < -0.39 is 0 Å². The highest BCUT2D eigenvalue weighted by Gasteiger charge is 2.13. The third-order valence-electron chi connectivity index (χ3n) is 2.58. The number of hydrogen-bond acceptors (Lipinski definition) is 4. The number of thiophene rings is 1. The van der Waals surface area contributed by atoms with Crippen molar-refractivity contribution in [2.45, 2.75) is 39.5 Å². The molecular weight excluding hydrogens is 246 g/mol. The number of nitrogen functional groups attached to an aromatic ring is 1. The van der Waals surface area contributed by atoms with Crippen molar-refractivity contribution in [2.75, 3.05) is 24.1 Å². The Hall–Kier alpha value is -1.23. The highest BCUT2D eigenvalue weighted by atomic mass is 32.1. The first-order chi connectivity index (χ1) is 8.69. The zero-order valence-corrected chi connectivity index (χ0v) is 12.0. The quantitative estimate of drug-likeness (QED) is 0.635. The van der Waals surface area contributed by atoms with E-state index in [4.69, 9.17) is 5.73 Å². The average Bonchev–Trinajstić information content (AvgIpc) is 2.73. The van der Waals surface area contributed by atoms with E-state index in [1.165, 1.54) is 24.2 Å². The molecule has 4 nitrogen and oxygen atoms in total. The molecule has 0 aromatic carbocycles. The molecule has 0 radical (unpaired) electrons. The number of amides is 1. The summed E-state index contributed by atoms with van der Waals surface area (Å²) in [4.78, 5) is 12.4. The summed E-state index contributed by atoms with van der Waals surface area (Å²) in [6.45, 7) is 5.83. The maximum atomic E-state index is 11.8. The summed E-state index contributed by atoms with van der Waals surface area (Å²) in [5.41, 5.74) is 6.42. The van der Waals surface area contributed by atoms with E-state index in [1.807, 2.05) is 13.0 Å². The summed E-state index contributed by atoms with van der Waals surface area (Å²) >= 11 is 1.43. The minimum Gasteiger partial charge on any atom is -0.397 e. The maximum Gasteiger partial charge on any atom is 0.263 e. The third kappa shape index (κ3) is 4.56. The fourth-order valence-corrected chi connectivity index (χ4v) is 2.50. The summed E-state index contributed by atoms with van der Waals surface area (Å²) < 4.78 is 0. The van der Waals surface area contributed by atoms with Crippen LogP contribution in [0.2, 0.25) is 0 Å². The van der Waals surface area contributed by atoms with E-state index in [0.717, 1.165) is 24.4 Å². The SMILES string of the molecule is CCCCCNc1cc(N)c(C(=O)NCCC)s1. The normalized spacial score (nSPS) is 10.3. The van der Waals surface area contributed by atoms with Crippen LogP contribution in [0.1, 0.15) is 49.2 Å². The zero-order chi connectivity index (χ0) is 13.4. The minimum atomic E-state index is -0.0686. The van der Waals surface area contributed by atoms with Gasteiger partial charge in [0.25, 0.3) is 5.91 Å². The molecule has 1 aromatic heterocycles. The molecule has 0 aliphatic carbocycles. The number of carbonyl (C=O) groups excluding carboxylic acids is 1. The van der Waals surface area contributed by atoms with Crippen LogP contribution < -0.4 is 16.4 Å². The van der Waals surface area contributed by atoms with Crippen molar-refractivity contribution in [2.24, 2.45) is 0 Å². The van der Waals surface area contributed by atoms with Gasteiger partial charge >= 0.3 is 0 Å². The van der Waals surface area contributed by atoms with Gasteiger partial charge in [0.05, 0.1) is 10.7 Å². The predicted octanol–water partition coefficient (Wildman–Crippen LogP) is 3.07. The second-order valence-corrected chi connectivity index (χ2v) is 5.34. The van der Waals surface area contributed by atoms with Gasteiger partial charge in [-0.05, 0) is 18.9 Å². The average molecular weight is 269 g/mol. The van der Waals surface area contributed by atoms with E-state index in [-0.39, 0.29) is 5.91 Å². The molecule has 0 saturated heterocycles. The van der Waals surface area contributed by atoms with Gasteiger partial charge in [0.15, 0.2) is 0 Å². The number of hydrogen-bond donors (Lipinski definition) is 3. The molecule has 0 fully saturated rings. The van der Waals surface area contributed by atoms with Gasteiger partial charge in [-0.2, -0.15) is 0 Å². The Kier molecular flexibility index (Phi) is 6.57. The smallest absolute Gasteiger partial charge is 0.263 e. The van der Waals surface area contributed by atoms with Crippen molar-refractivity contribution >= 4 is 27.9 Å². The summed E-state index contributed by atoms with van der Waals surface area (Å²) in [7, 11) is 0. The molecule has 0 aliphatic heterocycles. The zero-order valence-electron chi connectivity index (χ0n) is 11.2. The van der Waals surface area contributed by atoms with Gasteiger partial charge in [-0.3, -0.25) is 4.79 Å². The highest BCUT2D eigenvalue weighted by molar-refractivity contribution is 7.18. The largest absolute Gasteiger partial charge is 0.397 e. The Balaban J connectivity index is 2.50. The van der Waals surface area contributed by atoms with Crippen LogP contribution in [-0.4, -0.2) is 19.0 Å². The van der Waals surface area contributed by atoms with Gasteiger partial charge in [-0.15, -0.1) is 11.3 Å². The van der Waals surface area contributed by atoms with Gasteiger partial charge in [0.1, 0.15) is 4.88 Å². The third-order valence-corrected chi connectivity index (χ3v) is 3.69. The van der Waals surface area contributed by atoms with Crippen LogP contribution >= 0.6 is 11.3 Å².